The number of aromatic nitrogens is 4. The third-order valence-corrected chi connectivity index (χ3v) is 11.2. The Balaban J connectivity index is 1.14. The number of rotatable bonds is 4. The molecule has 12 rings (SSSR count). The lowest BCUT2D eigenvalue weighted by atomic mass is 9.94. The minimum atomic E-state index is 0.607. The molecule has 56 heavy (non-hydrogen) atoms. The van der Waals surface area contributed by atoms with E-state index < -0.39 is 0 Å². The topological polar surface area (TPSA) is 56.7 Å². The average molecular weight is 715 g/mol. The predicted molar refractivity (Wildman–Crippen MR) is 230 cm³/mol. The van der Waals surface area contributed by atoms with Crippen LogP contribution in [0.5, 0.6) is 0 Å². The SMILES string of the molecule is c1ccc(-c2nc(-c3ccccc3)nc(-c3ccc4oc5ccc6c7ccccc7n(-c7ccc8c9ccccc9c9ccccc9c8c7)c6c5c4c3)n2)cc1. The average Bonchev–Trinajstić information content (AvgIpc) is 3.82. The molecule has 0 spiro atoms. The Hall–Kier alpha value is -7.63. The third-order valence-electron chi connectivity index (χ3n) is 11.2. The van der Waals surface area contributed by atoms with Crippen molar-refractivity contribution in [2.75, 3.05) is 0 Å². The van der Waals surface area contributed by atoms with Crippen molar-refractivity contribution in [2.24, 2.45) is 0 Å². The summed E-state index contributed by atoms with van der Waals surface area (Å²) in [7, 11) is 0. The van der Waals surface area contributed by atoms with Crippen LogP contribution in [0.4, 0.5) is 0 Å². The van der Waals surface area contributed by atoms with Crippen molar-refractivity contribution in [1.82, 2.24) is 19.5 Å². The van der Waals surface area contributed by atoms with Gasteiger partial charge in [-0.2, -0.15) is 0 Å². The molecule has 3 heterocycles. The maximum atomic E-state index is 6.63. The first-order chi connectivity index (χ1) is 27.8. The van der Waals surface area contributed by atoms with Gasteiger partial charge in [0.05, 0.1) is 16.4 Å². The van der Waals surface area contributed by atoms with Gasteiger partial charge in [-0.3, -0.25) is 0 Å². The van der Waals surface area contributed by atoms with Crippen molar-refractivity contribution in [2.45, 2.75) is 0 Å². The van der Waals surface area contributed by atoms with Crippen LogP contribution in [0.2, 0.25) is 0 Å². The normalized spacial score (nSPS) is 11.9. The highest BCUT2D eigenvalue weighted by Gasteiger charge is 2.21. The van der Waals surface area contributed by atoms with Gasteiger partial charge in [-0.25, -0.2) is 15.0 Å². The highest BCUT2D eigenvalue weighted by atomic mass is 16.3. The van der Waals surface area contributed by atoms with Gasteiger partial charge in [-0.05, 0) is 80.8 Å². The first-order valence-corrected chi connectivity index (χ1v) is 18.9. The van der Waals surface area contributed by atoms with Crippen LogP contribution in [0.3, 0.4) is 0 Å². The summed E-state index contributed by atoms with van der Waals surface area (Å²) in [6, 6.07) is 63.9. The number of benzene rings is 9. The second-order valence-electron chi connectivity index (χ2n) is 14.4. The molecule has 0 aliphatic rings. The maximum absolute atomic E-state index is 6.63. The molecule has 0 bridgehead atoms. The van der Waals surface area contributed by atoms with Crippen molar-refractivity contribution in [1.29, 1.82) is 0 Å². The van der Waals surface area contributed by atoms with Gasteiger partial charge in [-0.15, -0.1) is 0 Å². The Bertz CT molecular complexity index is 3440. The summed E-state index contributed by atoms with van der Waals surface area (Å²) < 4.78 is 9.05. The number of hydrogen-bond donors (Lipinski definition) is 0. The van der Waals surface area contributed by atoms with Crippen LogP contribution in [0.15, 0.2) is 186 Å². The standard InChI is InChI=1S/C51H30N4O/c1-3-13-31(14-4-1)49-52-50(32-15-5-2-6-16-32)54-51(53-49)33-23-27-45-43(29-33)47-46(56-45)28-26-41-40-21-11-12-22-44(40)55(48(41)47)34-24-25-39-37-19-8-7-17-35(37)36-18-9-10-20-38(36)42(39)30-34/h1-30H. The molecule has 12 aromatic rings. The van der Waals surface area contributed by atoms with E-state index in [4.69, 9.17) is 19.4 Å². The highest BCUT2D eigenvalue weighted by molar-refractivity contribution is 6.27. The summed E-state index contributed by atoms with van der Waals surface area (Å²) in [5.74, 6) is 1.87. The van der Waals surface area contributed by atoms with E-state index in [-0.39, 0.29) is 0 Å². The number of furan rings is 1. The number of hydrogen-bond acceptors (Lipinski definition) is 4. The first kappa shape index (κ1) is 30.8. The predicted octanol–water partition coefficient (Wildman–Crippen LogP) is 13.3. The summed E-state index contributed by atoms with van der Waals surface area (Å²) in [6.45, 7) is 0. The summed E-state index contributed by atoms with van der Waals surface area (Å²) in [6.07, 6.45) is 0. The third kappa shape index (κ3) is 4.58. The van der Waals surface area contributed by atoms with Crippen molar-refractivity contribution >= 4 is 76.1 Å². The van der Waals surface area contributed by atoms with Gasteiger partial charge < -0.3 is 8.98 Å². The molecule has 0 aliphatic carbocycles. The van der Waals surface area contributed by atoms with E-state index in [1.807, 2.05) is 66.7 Å². The fraction of sp³-hybridized carbons (Fsp3) is 0. The number of para-hydroxylation sites is 1. The van der Waals surface area contributed by atoms with Crippen molar-refractivity contribution in [3.63, 3.8) is 0 Å². The van der Waals surface area contributed by atoms with E-state index in [0.29, 0.717) is 17.5 Å². The molecule has 0 atom stereocenters. The van der Waals surface area contributed by atoms with Crippen LogP contribution in [-0.4, -0.2) is 19.5 Å². The van der Waals surface area contributed by atoms with Gasteiger partial charge in [0.25, 0.3) is 0 Å². The minimum absolute atomic E-state index is 0.607. The second-order valence-corrected chi connectivity index (χ2v) is 14.4. The zero-order valence-corrected chi connectivity index (χ0v) is 30.0. The number of fused-ring (bicyclic) bond motifs is 13. The van der Waals surface area contributed by atoms with Crippen molar-refractivity contribution in [3.05, 3.63) is 182 Å². The summed E-state index contributed by atoms with van der Waals surface area (Å²) in [4.78, 5) is 15.0. The van der Waals surface area contributed by atoms with Crippen LogP contribution >= 0.6 is 0 Å². The zero-order valence-electron chi connectivity index (χ0n) is 30.0. The molecule has 0 N–H and O–H groups in total. The van der Waals surface area contributed by atoms with E-state index in [9.17, 15) is 0 Å². The molecule has 0 fully saturated rings. The molecule has 5 nitrogen and oxygen atoms in total. The monoisotopic (exact) mass is 714 g/mol. The van der Waals surface area contributed by atoms with Crippen molar-refractivity contribution < 1.29 is 4.42 Å². The second kappa shape index (κ2) is 11.9. The summed E-state index contributed by atoms with van der Waals surface area (Å²) in [5, 5.41) is 11.9. The summed E-state index contributed by atoms with van der Waals surface area (Å²) >= 11 is 0. The smallest absolute Gasteiger partial charge is 0.164 e. The van der Waals surface area contributed by atoms with Crippen LogP contribution in [-0.2, 0) is 0 Å². The Morgan fingerprint density at radius 3 is 1.48 bits per heavy atom. The molecule has 5 heteroatoms. The zero-order chi connectivity index (χ0) is 36.7. The Morgan fingerprint density at radius 1 is 0.339 bits per heavy atom. The van der Waals surface area contributed by atoms with Gasteiger partial charge in [0, 0.05) is 38.5 Å². The van der Waals surface area contributed by atoms with Crippen molar-refractivity contribution in [3.8, 4) is 39.9 Å². The molecule has 9 aromatic carbocycles. The minimum Gasteiger partial charge on any atom is -0.456 e. The first-order valence-electron chi connectivity index (χ1n) is 18.9. The van der Waals surface area contributed by atoms with E-state index in [1.165, 1.54) is 43.1 Å². The van der Waals surface area contributed by atoms with Gasteiger partial charge in [0.15, 0.2) is 17.5 Å². The van der Waals surface area contributed by atoms with E-state index in [0.717, 1.165) is 55.3 Å². The fourth-order valence-corrected chi connectivity index (χ4v) is 8.70. The molecule has 0 aliphatic heterocycles. The van der Waals surface area contributed by atoms with Gasteiger partial charge in [-0.1, -0.05) is 133 Å². The molecule has 3 aromatic heterocycles. The lowest BCUT2D eigenvalue weighted by Crippen LogP contribution is -2.00. The molecule has 0 saturated carbocycles. The maximum Gasteiger partial charge on any atom is 0.164 e. The molecule has 260 valence electrons. The molecule has 0 saturated heterocycles. The molecular weight excluding hydrogens is 685 g/mol. The molecule has 0 unspecified atom stereocenters. The largest absolute Gasteiger partial charge is 0.456 e. The molecular formula is C51H30N4O. The van der Waals surface area contributed by atoms with E-state index in [2.05, 4.69) is 120 Å². The van der Waals surface area contributed by atoms with Crippen LogP contribution in [0, 0.1) is 0 Å². The van der Waals surface area contributed by atoms with Crippen LogP contribution in [0.25, 0.3) is 116 Å². The van der Waals surface area contributed by atoms with Crippen LogP contribution in [0.1, 0.15) is 0 Å². The Morgan fingerprint density at radius 2 is 0.839 bits per heavy atom. The lowest BCUT2D eigenvalue weighted by molar-refractivity contribution is 0.669. The summed E-state index contributed by atoms with van der Waals surface area (Å²) in [5.41, 5.74) is 7.75. The van der Waals surface area contributed by atoms with Crippen LogP contribution < -0.4 is 0 Å². The Kier molecular flexibility index (Phi) is 6.56. The van der Waals surface area contributed by atoms with E-state index in [1.54, 1.807) is 0 Å². The molecule has 0 radical (unpaired) electrons. The molecule has 0 amide bonds. The lowest BCUT2D eigenvalue weighted by Gasteiger charge is -2.14. The van der Waals surface area contributed by atoms with E-state index >= 15 is 0 Å². The Labute approximate surface area is 320 Å². The highest BCUT2D eigenvalue weighted by Crippen LogP contribution is 2.43. The van der Waals surface area contributed by atoms with Gasteiger partial charge in [0.2, 0.25) is 0 Å². The quantitative estimate of drug-likeness (QED) is 0.170. The van der Waals surface area contributed by atoms with Gasteiger partial charge >= 0.3 is 0 Å². The fourth-order valence-electron chi connectivity index (χ4n) is 8.70. The number of nitrogens with zero attached hydrogens (tertiary/aromatic N) is 4. The van der Waals surface area contributed by atoms with Gasteiger partial charge in [0.1, 0.15) is 11.2 Å².